The first kappa shape index (κ1) is 11.3. The molecule has 0 fully saturated rings. The molecule has 2 aromatic rings. The van der Waals surface area contributed by atoms with E-state index in [4.69, 9.17) is 5.73 Å². The van der Waals surface area contributed by atoms with Crippen molar-refractivity contribution in [1.82, 2.24) is 4.98 Å². The molecule has 2 N–H and O–H groups in total. The van der Waals surface area contributed by atoms with Crippen molar-refractivity contribution in [3.63, 3.8) is 0 Å². The second-order valence-electron chi connectivity index (χ2n) is 4.08. The lowest BCUT2D eigenvalue weighted by Crippen LogP contribution is -2.13. The number of aromatic nitrogens is 1. The summed E-state index contributed by atoms with van der Waals surface area (Å²) in [4.78, 5) is 4.44. The molecule has 0 saturated carbocycles. The van der Waals surface area contributed by atoms with Gasteiger partial charge in [0.15, 0.2) is 0 Å². The van der Waals surface area contributed by atoms with Gasteiger partial charge in [-0.1, -0.05) is 29.8 Å². The van der Waals surface area contributed by atoms with E-state index in [0.29, 0.717) is 0 Å². The maximum absolute atomic E-state index is 6.17. The van der Waals surface area contributed by atoms with E-state index in [2.05, 4.69) is 41.6 Å². The van der Waals surface area contributed by atoms with Crippen molar-refractivity contribution >= 4 is 11.3 Å². The lowest BCUT2D eigenvalue weighted by Gasteiger charge is -2.11. The van der Waals surface area contributed by atoms with Gasteiger partial charge in [0.2, 0.25) is 0 Å². The van der Waals surface area contributed by atoms with Crippen molar-refractivity contribution in [3.05, 3.63) is 51.5 Å². The Morgan fingerprint density at radius 1 is 1.38 bits per heavy atom. The van der Waals surface area contributed by atoms with E-state index < -0.39 is 0 Å². The number of rotatable bonds is 3. The van der Waals surface area contributed by atoms with E-state index in [-0.39, 0.29) is 6.04 Å². The predicted molar refractivity (Wildman–Crippen MR) is 68.7 cm³/mol. The minimum atomic E-state index is 0.0430. The number of nitrogens with zero attached hydrogens (tertiary/aromatic N) is 1. The molecule has 0 saturated heterocycles. The van der Waals surface area contributed by atoms with E-state index >= 15 is 0 Å². The highest BCUT2D eigenvalue weighted by atomic mass is 32.1. The molecule has 1 aromatic heterocycles. The molecule has 2 rings (SSSR count). The second-order valence-corrected chi connectivity index (χ2v) is 5.14. The van der Waals surface area contributed by atoms with Gasteiger partial charge >= 0.3 is 0 Å². The molecule has 0 bridgehead atoms. The molecule has 1 aromatic carbocycles. The van der Waals surface area contributed by atoms with Crippen LogP contribution in [0.1, 0.15) is 27.9 Å². The maximum atomic E-state index is 6.17. The number of hydrogen-bond donors (Lipinski definition) is 1. The molecule has 0 aliphatic heterocycles. The topological polar surface area (TPSA) is 38.9 Å². The molecule has 84 valence electrons. The minimum Gasteiger partial charge on any atom is -0.324 e. The third-order valence-corrected chi connectivity index (χ3v) is 3.39. The Bertz CT molecular complexity index is 476. The van der Waals surface area contributed by atoms with Crippen molar-refractivity contribution in [2.45, 2.75) is 26.3 Å². The monoisotopic (exact) mass is 232 g/mol. The number of thiazole rings is 1. The summed E-state index contributed by atoms with van der Waals surface area (Å²) in [5, 5.41) is 3.19. The molecule has 0 radical (unpaired) electrons. The van der Waals surface area contributed by atoms with Crippen LogP contribution in [0.2, 0.25) is 0 Å². The summed E-state index contributed by atoms with van der Waals surface area (Å²) >= 11 is 1.68. The molecule has 3 heteroatoms. The Hall–Kier alpha value is -1.19. The van der Waals surface area contributed by atoms with Gasteiger partial charge in [0.25, 0.3) is 0 Å². The molecule has 2 nitrogen and oxygen atoms in total. The lowest BCUT2D eigenvalue weighted by molar-refractivity contribution is 0.708. The van der Waals surface area contributed by atoms with Crippen LogP contribution in [0.3, 0.4) is 0 Å². The molecule has 0 amide bonds. The van der Waals surface area contributed by atoms with Gasteiger partial charge in [-0.3, -0.25) is 0 Å². The summed E-state index contributed by atoms with van der Waals surface area (Å²) in [6.07, 6.45) is 0.813. The summed E-state index contributed by atoms with van der Waals surface area (Å²) in [5.74, 6) is 0. The van der Waals surface area contributed by atoms with Gasteiger partial charge < -0.3 is 5.73 Å². The highest BCUT2D eigenvalue weighted by Gasteiger charge is 2.09. The van der Waals surface area contributed by atoms with Crippen LogP contribution in [0.4, 0.5) is 0 Å². The van der Waals surface area contributed by atoms with Gasteiger partial charge in [0.1, 0.15) is 0 Å². The summed E-state index contributed by atoms with van der Waals surface area (Å²) in [6.45, 7) is 4.11. The highest BCUT2D eigenvalue weighted by Crippen LogP contribution is 2.18. The summed E-state index contributed by atoms with van der Waals surface area (Å²) < 4.78 is 0. The van der Waals surface area contributed by atoms with Crippen LogP contribution < -0.4 is 5.73 Å². The van der Waals surface area contributed by atoms with E-state index in [1.54, 1.807) is 11.3 Å². The fourth-order valence-corrected chi connectivity index (χ4v) is 2.37. The van der Waals surface area contributed by atoms with E-state index in [1.165, 1.54) is 11.1 Å². The zero-order valence-corrected chi connectivity index (χ0v) is 10.4. The highest BCUT2D eigenvalue weighted by molar-refractivity contribution is 7.09. The fourth-order valence-electron chi connectivity index (χ4n) is 1.75. The lowest BCUT2D eigenvalue weighted by atomic mass is 10.0. The zero-order chi connectivity index (χ0) is 11.5. The largest absolute Gasteiger partial charge is 0.324 e. The first-order chi connectivity index (χ1) is 7.65. The third kappa shape index (κ3) is 2.68. The van der Waals surface area contributed by atoms with E-state index in [1.807, 2.05) is 6.92 Å². The number of hydrogen-bond acceptors (Lipinski definition) is 3. The number of nitrogens with two attached hydrogens (primary N) is 1. The SMILES string of the molecule is Cc1cccc(C(N)Cc2csc(C)n2)c1. The van der Waals surface area contributed by atoms with E-state index in [0.717, 1.165) is 17.1 Å². The Balaban J connectivity index is 2.11. The molecule has 0 aliphatic carbocycles. The van der Waals surface area contributed by atoms with Crippen molar-refractivity contribution in [2.24, 2.45) is 5.73 Å². The van der Waals surface area contributed by atoms with Gasteiger partial charge in [-0.15, -0.1) is 11.3 Å². The maximum Gasteiger partial charge on any atom is 0.0897 e. The van der Waals surface area contributed by atoms with Crippen LogP contribution in [0.25, 0.3) is 0 Å². The zero-order valence-electron chi connectivity index (χ0n) is 9.60. The van der Waals surface area contributed by atoms with Crippen molar-refractivity contribution in [2.75, 3.05) is 0 Å². The average Bonchev–Trinajstić information content (AvgIpc) is 2.64. The fraction of sp³-hybridized carbons (Fsp3) is 0.308. The Kier molecular flexibility index (Phi) is 3.36. The third-order valence-electron chi connectivity index (χ3n) is 2.57. The first-order valence-corrected chi connectivity index (χ1v) is 6.26. The molecule has 16 heavy (non-hydrogen) atoms. The minimum absolute atomic E-state index is 0.0430. The standard InChI is InChI=1S/C13H16N2S/c1-9-4-3-5-11(6-9)13(14)7-12-8-16-10(2)15-12/h3-6,8,13H,7,14H2,1-2H3. The average molecular weight is 232 g/mol. The van der Waals surface area contributed by atoms with Crippen LogP contribution in [0.15, 0.2) is 29.6 Å². The quantitative estimate of drug-likeness (QED) is 0.883. The van der Waals surface area contributed by atoms with Gasteiger partial charge in [0.05, 0.1) is 10.7 Å². The van der Waals surface area contributed by atoms with Crippen LogP contribution >= 0.6 is 11.3 Å². The molecular formula is C13H16N2S. The van der Waals surface area contributed by atoms with Crippen LogP contribution in [0, 0.1) is 13.8 Å². The normalized spacial score (nSPS) is 12.7. The van der Waals surface area contributed by atoms with Crippen LogP contribution in [-0.2, 0) is 6.42 Å². The number of benzene rings is 1. The first-order valence-electron chi connectivity index (χ1n) is 5.38. The van der Waals surface area contributed by atoms with E-state index in [9.17, 15) is 0 Å². The molecule has 1 atom stereocenters. The Morgan fingerprint density at radius 2 is 2.19 bits per heavy atom. The van der Waals surface area contributed by atoms with Crippen molar-refractivity contribution < 1.29 is 0 Å². The molecule has 0 aliphatic rings. The smallest absolute Gasteiger partial charge is 0.0897 e. The predicted octanol–water partition coefficient (Wildman–Crippen LogP) is 3.00. The van der Waals surface area contributed by atoms with Crippen molar-refractivity contribution in [1.29, 1.82) is 0 Å². The van der Waals surface area contributed by atoms with Gasteiger partial charge in [-0.2, -0.15) is 0 Å². The second kappa shape index (κ2) is 4.76. The van der Waals surface area contributed by atoms with Gasteiger partial charge in [-0.25, -0.2) is 4.98 Å². The Morgan fingerprint density at radius 3 is 2.81 bits per heavy atom. The van der Waals surface area contributed by atoms with Gasteiger partial charge in [0, 0.05) is 17.8 Å². The Labute approximate surface area is 100 Å². The summed E-state index contributed by atoms with van der Waals surface area (Å²) in [5.41, 5.74) is 9.70. The van der Waals surface area contributed by atoms with Crippen LogP contribution in [-0.4, -0.2) is 4.98 Å². The van der Waals surface area contributed by atoms with Crippen molar-refractivity contribution in [3.8, 4) is 0 Å². The molecule has 1 heterocycles. The summed E-state index contributed by atoms with van der Waals surface area (Å²) in [7, 11) is 0. The van der Waals surface area contributed by atoms with Gasteiger partial charge in [-0.05, 0) is 19.4 Å². The summed E-state index contributed by atoms with van der Waals surface area (Å²) in [6, 6.07) is 8.40. The number of aryl methyl sites for hydroxylation is 2. The van der Waals surface area contributed by atoms with Crippen LogP contribution in [0.5, 0.6) is 0 Å². The molecular weight excluding hydrogens is 216 g/mol. The molecule has 0 spiro atoms. The molecule has 1 unspecified atom stereocenters.